The lowest BCUT2D eigenvalue weighted by Gasteiger charge is -2.23. The molecule has 1 saturated carbocycles. The Morgan fingerprint density at radius 2 is 2.04 bits per heavy atom. The Labute approximate surface area is 148 Å². The highest BCUT2D eigenvalue weighted by Gasteiger charge is 2.14. The first-order valence-corrected chi connectivity index (χ1v) is 8.92. The maximum absolute atomic E-state index is 11.9. The smallest absolute Gasteiger partial charge is 0.244 e. The van der Waals surface area contributed by atoms with E-state index in [1.54, 1.807) is 12.3 Å². The average molecular weight is 336 g/mol. The fourth-order valence-corrected chi connectivity index (χ4v) is 2.99. The van der Waals surface area contributed by atoms with Crippen LogP contribution in [0.5, 0.6) is 5.75 Å². The van der Waals surface area contributed by atoms with Crippen LogP contribution in [-0.4, -0.2) is 17.0 Å². The predicted octanol–water partition coefficient (Wildman–Crippen LogP) is 4.12. The number of nitrogens with one attached hydrogen (secondary N) is 1. The van der Waals surface area contributed by atoms with Gasteiger partial charge >= 0.3 is 0 Å². The van der Waals surface area contributed by atoms with Crippen molar-refractivity contribution in [2.75, 3.05) is 0 Å². The maximum Gasteiger partial charge on any atom is 0.244 e. The third-order valence-electron chi connectivity index (χ3n) is 4.31. The molecule has 4 nitrogen and oxygen atoms in total. The van der Waals surface area contributed by atoms with Gasteiger partial charge in [0.2, 0.25) is 5.91 Å². The Balaban J connectivity index is 1.50. The zero-order chi connectivity index (χ0) is 17.3. The van der Waals surface area contributed by atoms with Crippen LogP contribution in [0.2, 0.25) is 0 Å². The molecule has 1 heterocycles. The minimum atomic E-state index is -0.135. The van der Waals surface area contributed by atoms with E-state index in [1.165, 1.54) is 25.3 Å². The highest BCUT2D eigenvalue weighted by molar-refractivity contribution is 5.91. The van der Waals surface area contributed by atoms with Crippen LogP contribution in [0.25, 0.3) is 6.08 Å². The molecule has 1 aliphatic rings. The molecule has 130 valence electrons. The molecule has 0 radical (unpaired) electrons. The van der Waals surface area contributed by atoms with Crippen LogP contribution < -0.4 is 10.1 Å². The lowest BCUT2D eigenvalue weighted by atomic mass is 9.98. The zero-order valence-corrected chi connectivity index (χ0v) is 14.4. The Hall–Kier alpha value is -2.62. The minimum absolute atomic E-state index is 0.135. The largest absolute Gasteiger partial charge is 0.490 e. The quantitative estimate of drug-likeness (QED) is 0.807. The number of rotatable bonds is 6. The molecule has 1 amide bonds. The van der Waals surface area contributed by atoms with Crippen LogP contribution in [0.1, 0.15) is 43.4 Å². The van der Waals surface area contributed by atoms with Crippen LogP contribution in [-0.2, 0) is 11.3 Å². The molecule has 0 aliphatic heterocycles. The van der Waals surface area contributed by atoms with Crippen molar-refractivity contribution in [2.24, 2.45) is 0 Å². The van der Waals surface area contributed by atoms with Crippen molar-refractivity contribution < 1.29 is 9.53 Å². The van der Waals surface area contributed by atoms with E-state index < -0.39 is 0 Å². The second-order valence-corrected chi connectivity index (χ2v) is 6.33. The van der Waals surface area contributed by atoms with Crippen LogP contribution in [0, 0.1) is 0 Å². The van der Waals surface area contributed by atoms with Crippen molar-refractivity contribution in [3.05, 3.63) is 66.0 Å². The first-order valence-electron chi connectivity index (χ1n) is 8.92. The lowest BCUT2D eigenvalue weighted by molar-refractivity contribution is -0.116. The van der Waals surface area contributed by atoms with Crippen molar-refractivity contribution in [3.63, 3.8) is 0 Å². The summed E-state index contributed by atoms with van der Waals surface area (Å²) in [6.45, 7) is 0.479. The molecular weight excluding hydrogens is 312 g/mol. The molecule has 2 aromatic rings. The van der Waals surface area contributed by atoms with Gasteiger partial charge in [-0.2, -0.15) is 0 Å². The number of hydrogen-bond donors (Lipinski definition) is 1. The number of nitrogens with zero attached hydrogens (tertiary/aromatic N) is 1. The van der Waals surface area contributed by atoms with Crippen molar-refractivity contribution in [3.8, 4) is 5.75 Å². The molecule has 0 atom stereocenters. The third-order valence-corrected chi connectivity index (χ3v) is 4.31. The van der Waals surface area contributed by atoms with E-state index in [4.69, 9.17) is 4.74 Å². The minimum Gasteiger partial charge on any atom is -0.490 e. The van der Waals surface area contributed by atoms with Crippen molar-refractivity contribution in [1.82, 2.24) is 10.3 Å². The summed E-state index contributed by atoms with van der Waals surface area (Å²) < 4.78 is 6.07. The summed E-state index contributed by atoms with van der Waals surface area (Å²) in [6, 6.07) is 13.6. The molecule has 1 N–H and O–H groups in total. The van der Waals surface area contributed by atoms with Crippen LogP contribution in [0.3, 0.4) is 0 Å². The van der Waals surface area contributed by atoms with E-state index in [2.05, 4.69) is 10.3 Å². The Kier molecular flexibility index (Phi) is 6.21. The number of carbonyl (C=O) groups excluding carboxylic acids is 1. The SMILES string of the molecule is O=C(/C=C/c1ccccn1)NCc1cccc(OC2CCCCC2)c1. The fraction of sp³-hybridized carbons (Fsp3) is 0.333. The van der Waals surface area contributed by atoms with Gasteiger partial charge in [0.25, 0.3) is 0 Å². The Bertz CT molecular complexity index is 707. The van der Waals surface area contributed by atoms with Gasteiger partial charge in [0.15, 0.2) is 0 Å². The Morgan fingerprint density at radius 1 is 1.16 bits per heavy atom. The summed E-state index contributed by atoms with van der Waals surface area (Å²) in [4.78, 5) is 16.1. The monoisotopic (exact) mass is 336 g/mol. The zero-order valence-electron chi connectivity index (χ0n) is 14.4. The molecule has 25 heavy (non-hydrogen) atoms. The van der Waals surface area contributed by atoms with Gasteiger partial charge in [0, 0.05) is 18.8 Å². The number of amides is 1. The van der Waals surface area contributed by atoms with Gasteiger partial charge < -0.3 is 10.1 Å². The molecule has 0 bridgehead atoms. The number of carbonyl (C=O) groups is 1. The van der Waals surface area contributed by atoms with Gasteiger partial charge in [-0.1, -0.05) is 24.6 Å². The van der Waals surface area contributed by atoms with E-state index >= 15 is 0 Å². The maximum atomic E-state index is 11.9. The second kappa shape index (κ2) is 9.02. The fourth-order valence-electron chi connectivity index (χ4n) is 2.99. The van der Waals surface area contributed by atoms with Gasteiger partial charge in [-0.25, -0.2) is 0 Å². The van der Waals surface area contributed by atoms with E-state index in [-0.39, 0.29) is 5.91 Å². The standard InChI is InChI=1S/C21H24N2O2/c24-21(13-12-18-8-4-5-14-22-18)23-16-17-7-6-11-20(15-17)25-19-9-2-1-3-10-19/h4-8,11-15,19H,1-3,9-10,16H2,(H,23,24)/b13-12+. The average Bonchev–Trinajstić information content (AvgIpc) is 2.67. The van der Waals surface area contributed by atoms with E-state index in [0.717, 1.165) is 29.8 Å². The molecule has 1 aromatic heterocycles. The predicted molar refractivity (Wildman–Crippen MR) is 99.1 cm³/mol. The van der Waals surface area contributed by atoms with Crippen molar-refractivity contribution in [2.45, 2.75) is 44.8 Å². The molecule has 1 aromatic carbocycles. The van der Waals surface area contributed by atoms with Gasteiger partial charge in [0.05, 0.1) is 11.8 Å². The molecule has 0 saturated heterocycles. The molecule has 3 rings (SSSR count). The number of hydrogen-bond acceptors (Lipinski definition) is 3. The number of benzene rings is 1. The highest BCUT2D eigenvalue weighted by Crippen LogP contribution is 2.23. The topological polar surface area (TPSA) is 51.2 Å². The highest BCUT2D eigenvalue weighted by atomic mass is 16.5. The van der Waals surface area contributed by atoms with Crippen molar-refractivity contribution >= 4 is 12.0 Å². The molecular formula is C21H24N2O2. The first kappa shape index (κ1) is 17.2. The summed E-state index contributed by atoms with van der Waals surface area (Å²) >= 11 is 0. The van der Waals surface area contributed by atoms with E-state index in [0.29, 0.717) is 12.6 Å². The normalized spacial score (nSPS) is 15.2. The molecule has 1 fully saturated rings. The van der Waals surface area contributed by atoms with Gasteiger partial charge in [-0.05, 0) is 61.6 Å². The van der Waals surface area contributed by atoms with E-state index in [1.807, 2.05) is 42.5 Å². The van der Waals surface area contributed by atoms with Gasteiger partial charge in [-0.3, -0.25) is 9.78 Å². The third kappa shape index (κ3) is 5.75. The first-order chi connectivity index (χ1) is 12.3. The van der Waals surface area contributed by atoms with Crippen molar-refractivity contribution in [1.29, 1.82) is 0 Å². The summed E-state index contributed by atoms with van der Waals surface area (Å²) in [5.41, 5.74) is 1.80. The van der Waals surface area contributed by atoms with Crippen LogP contribution in [0.15, 0.2) is 54.7 Å². The lowest BCUT2D eigenvalue weighted by Crippen LogP contribution is -2.21. The Morgan fingerprint density at radius 3 is 2.84 bits per heavy atom. The number of aromatic nitrogens is 1. The second-order valence-electron chi connectivity index (χ2n) is 6.33. The van der Waals surface area contributed by atoms with Gasteiger partial charge in [-0.15, -0.1) is 0 Å². The number of pyridine rings is 1. The van der Waals surface area contributed by atoms with Gasteiger partial charge in [0.1, 0.15) is 5.75 Å². The van der Waals surface area contributed by atoms with E-state index in [9.17, 15) is 4.79 Å². The summed E-state index contributed by atoms with van der Waals surface area (Å²) in [5, 5.41) is 2.89. The summed E-state index contributed by atoms with van der Waals surface area (Å²) in [6.07, 6.45) is 11.3. The number of ether oxygens (including phenoxy) is 1. The molecule has 4 heteroatoms. The molecule has 1 aliphatic carbocycles. The van der Waals surface area contributed by atoms with Crippen LogP contribution in [0.4, 0.5) is 0 Å². The molecule has 0 spiro atoms. The van der Waals surface area contributed by atoms with Crippen LogP contribution >= 0.6 is 0 Å². The summed E-state index contributed by atoms with van der Waals surface area (Å²) in [5.74, 6) is 0.756. The summed E-state index contributed by atoms with van der Waals surface area (Å²) in [7, 11) is 0. The molecule has 0 unspecified atom stereocenters.